The van der Waals surface area contributed by atoms with Crippen molar-refractivity contribution in [1.82, 2.24) is 4.98 Å². The highest BCUT2D eigenvalue weighted by atomic mass is 35.5. The molecule has 0 saturated carbocycles. The van der Waals surface area contributed by atoms with Crippen molar-refractivity contribution in [2.45, 2.75) is 0 Å². The molecule has 0 spiro atoms. The largest absolute Gasteiger partial charge is 0.454 e. The second-order valence-electron chi connectivity index (χ2n) is 6.27. The smallest absolute Gasteiger partial charge is 0.340 e. The second-order valence-corrected chi connectivity index (χ2v) is 6.67. The Balaban J connectivity index is 1.66. The molecule has 0 atom stereocenters. The first-order valence-corrected chi connectivity index (χ1v) is 9.14. The van der Waals surface area contributed by atoms with E-state index in [2.05, 4.69) is 4.98 Å². The number of fused-ring (bicyclic) bond motifs is 1. The van der Waals surface area contributed by atoms with Crippen LogP contribution in [0.5, 0.6) is 0 Å². The third-order valence-corrected chi connectivity index (χ3v) is 4.81. The van der Waals surface area contributed by atoms with Crippen LogP contribution in [0.4, 0.5) is 0 Å². The van der Waals surface area contributed by atoms with Crippen molar-refractivity contribution in [2.24, 2.45) is 0 Å². The second kappa shape index (κ2) is 7.71. The van der Waals surface area contributed by atoms with E-state index in [0.29, 0.717) is 11.3 Å². The van der Waals surface area contributed by atoms with Gasteiger partial charge in [0.1, 0.15) is 0 Å². The van der Waals surface area contributed by atoms with Gasteiger partial charge in [0, 0.05) is 10.9 Å². The molecule has 4 rings (SSSR count). The highest BCUT2D eigenvalue weighted by Gasteiger charge is 2.21. The van der Waals surface area contributed by atoms with E-state index >= 15 is 0 Å². The van der Waals surface area contributed by atoms with Crippen LogP contribution in [0, 0.1) is 0 Å². The average molecular weight is 390 g/mol. The Hall–Kier alpha value is -3.37. The number of hydrogen-bond acceptors (Lipinski definition) is 3. The van der Waals surface area contributed by atoms with Crippen LogP contribution in [0.25, 0.3) is 22.2 Å². The molecule has 138 valence electrons. The minimum Gasteiger partial charge on any atom is -0.454 e. The van der Waals surface area contributed by atoms with Gasteiger partial charge in [-0.2, -0.15) is 0 Å². The number of carbonyl (C=O) groups excluding carboxylic acids is 2. The Morgan fingerprint density at radius 1 is 0.857 bits per heavy atom. The Bertz CT molecular complexity index is 1160. The summed E-state index contributed by atoms with van der Waals surface area (Å²) in [7, 11) is 0. The molecule has 28 heavy (non-hydrogen) atoms. The maximum atomic E-state index is 13.0. The summed E-state index contributed by atoms with van der Waals surface area (Å²) >= 11 is 6.03. The lowest BCUT2D eigenvalue weighted by Crippen LogP contribution is -2.15. The van der Waals surface area contributed by atoms with Gasteiger partial charge in [-0.3, -0.25) is 4.79 Å². The normalized spacial score (nSPS) is 10.8. The number of halogens is 1. The summed E-state index contributed by atoms with van der Waals surface area (Å²) in [5, 5.41) is 1.08. The number of rotatable bonds is 5. The van der Waals surface area contributed by atoms with Crippen molar-refractivity contribution in [2.75, 3.05) is 6.61 Å². The van der Waals surface area contributed by atoms with Crippen LogP contribution >= 0.6 is 11.6 Å². The van der Waals surface area contributed by atoms with Gasteiger partial charge in [0.25, 0.3) is 0 Å². The molecule has 0 radical (unpaired) electrons. The molecule has 5 heteroatoms. The molecule has 0 fully saturated rings. The van der Waals surface area contributed by atoms with Crippen molar-refractivity contribution >= 4 is 34.3 Å². The fourth-order valence-corrected chi connectivity index (χ4v) is 3.37. The van der Waals surface area contributed by atoms with Crippen molar-refractivity contribution in [3.63, 3.8) is 0 Å². The molecule has 0 aliphatic carbocycles. The van der Waals surface area contributed by atoms with E-state index in [1.165, 1.54) is 0 Å². The number of hydrogen-bond donors (Lipinski definition) is 1. The summed E-state index contributed by atoms with van der Waals surface area (Å²) in [5.74, 6) is -0.906. The zero-order valence-electron chi connectivity index (χ0n) is 14.8. The first kappa shape index (κ1) is 18.0. The molecular formula is C23H16ClNO3. The molecule has 1 heterocycles. The topological polar surface area (TPSA) is 59.2 Å². The Kier molecular flexibility index (Phi) is 4.96. The van der Waals surface area contributed by atoms with Crippen LogP contribution < -0.4 is 0 Å². The van der Waals surface area contributed by atoms with Crippen molar-refractivity contribution in [3.8, 4) is 11.3 Å². The number of carbonyl (C=O) groups is 2. The number of nitrogens with one attached hydrogen (secondary N) is 1. The van der Waals surface area contributed by atoms with Gasteiger partial charge < -0.3 is 9.72 Å². The number of esters is 1. The van der Waals surface area contributed by atoms with E-state index in [-0.39, 0.29) is 23.0 Å². The van der Waals surface area contributed by atoms with E-state index in [1.807, 2.05) is 54.6 Å². The first-order chi connectivity index (χ1) is 13.6. The quantitative estimate of drug-likeness (QED) is 0.360. The molecule has 3 aromatic carbocycles. The minimum absolute atomic E-state index is 0.235. The maximum Gasteiger partial charge on any atom is 0.340 e. The van der Waals surface area contributed by atoms with Gasteiger partial charge in [-0.1, -0.05) is 72.3 Å². The zero-order valence-corrected chi connectivity index (χ0v) is 15.6. The summed E-state index contributed by atoms with van der Waals surface area (Å²) in [6, 6.07) is 23.7. The van der Waals surface area contributed by atoms with Gasteiger partial charge in [-0.15, -0.1) is 0 Å². The van der Waals surface area contributed by atoms with Crippen LogP contribution in [0.15, 0.2) is 78.9 Å². The number of H-pyrrole nitrogens is 1. The van der Waals surface area contributed by atoms with Crippen LogP contribution in [-0.2, 0) is 4.74 Å². The predicted molar refractivity (Wildman–Crippen MR) is 110 cm³/mol. The molecule has 4 nitrogen and oxygen atoms in total. The lowest BCUT2D eigenvalue weighted by Gasteiger charge is -2.07. The Morgan fingerprint density at radius 3 is 2.32 bits per heavy atom. The van der Waals surface area contributed by atoms with E-state index in [9.17, 15) is 9.59 Å². The first-order valence-electron chi connectivity index (χ1n) is 8.76. The number of ketones is 1. The number of para-hydroxylation sites is 1. The van der Waals surface area contributed by atoms with E-state index in [0.717, 1.165) is 16.5 Å². The van der Waals surface area contributed by atoms with Crippen molar-refractivity contribution in [3.05, 3.63) is 95.0 Å². The fraction of sp³-hybridized carbons (Fsp3) is 0.0435. The van der Waals surface area contributed by atoms with Crippen LogP contribution in [0.3, 0.4) is 0 Å². The van der Waals surface area contributed by atoms with Crippen LogP contribution in [-0.4, -0.2) is 23.3 Å². The predicted octanol–water partition coefficient (Wildman–Crippen LogP) is 5.53. The minimum atomic E-state index is -0.625. The number of aromatic nitrogens is 1. The van der Waals surface area contributed by atoms with E-state index in [1.54, 1.807) is 24.3 Å². The summed E-state index contributed by atoms with van der Waals surface area (Å²) in [6.45, 7) is -0.369. The number of Topliss-reactive ketones (excluding diaryl/α,β-unsaturated/α-hetero) is 1. The van der Waals surface area contributed by atoms with Crippen molar-refractivity contribution in [1.29, 1.82) is 0 Å². The van der Waals surface area contributed by atoms with Gasteiger partial charge >= 0.3 is 5.97 Å². The van der Waals surface area contributed by atoms with Gasteiger partial charge in [0.05, 0.1) is 21.8 Å². The number of ether oxygens (including phenoxy) is 1. The third kappa shape index (κ3) is 3.42. The van der Waals surface area contributed by atoms with Crippen molar-refractivity contribution < 1.29 is 14.3 Å². The SMILES string of the molecule is O=C(OCC(=O)c1c(-c2ccccc2)[nH]c2ccccc12)c1ccccc1Cl. The standard InChI is InChI=1S/C23H16ClNO3/c24-18-12-6-4-10-16(18)23(27)28-14-20(26)21-17-11-5-7-13-19(17)25-22(21)15-8-2-1-3-9-15/h1-13,25H,14H2. The molecule has 0 aliphatic heterocycles. The molecule has 4 aromatic rings. The Morgan fingerprint density at radius 2 is 1.54 bits per heavy atom. The maximum absolute atomic E-state index is 13.0. The molecule has 0 aliphatic rings. The highest BCUT2D eigenvalue weighted by molar-refractivity contribution is 6.33. The molecule has 0 unspecified atom stereocenters. The van der Waals surface area contributed by atoms with Gasteiger partial charge in [-0.05, 0) is 23.8 Å². The van der Waals surface area contributed by atoms with Gasteiger partial charge in [0.15, 0.2) is 6.61 Å². The van der Waals surface area contributed by atoms with Gasteiger partial charge in [-0.25, -0.2) is 4.79 Å². The van der Waals surface area contributed by atoms with Crippen LogP contribution in [0.2, 0.25) is 5.02 Å². The molecule has 0 amide bonds. The average Bonchev–Trinajstić information content (AvgIpc) is 3.12. The molecule has 1 N–H and O–H groups in total. The molecule has 0 saturated heterocycles. The van der Waals surface area contributed by atoms with E-state index in [4.69, 9.17) is 16.3 Å². The lowest BCUT2D eigenvalue weighted by atomic mass is 10.0. The lowest BCUT2D eigenvalue weighted by molar-refractivity contribution is 0.0475. The van der Waals surface area contributed by atoms with Crippen LogP contribution in [0.1, 0.15) is 20.7 Å². The Labute approximate surface area is 166 Å². The summed E-state index contributed by atoms with van der Waals surface area (Å²) in [4.78, 5) is 28.6. The zero-order chi connectivity index (χ0) is 19.5. The number of benzene rings is 3. The number of aromatic amines is 1. The van der Waals surface area contributed by atoms with Gasteiger partial charge in [0.2, 0.25) is 5.78 Å². The summed E-state index contributed by atoms with van der Waals surface area (Å²) in [6.07, 6.45) is 0. The summed E-state index contributed by atoms with van der Waals surface area (Å²) in [5.41, 5.74) is 3.19. The fourth-order valence-electron chi connectivity index (χ4n) is 3.16. The third-order valence-electron chi connectivity index (χ3n) is 4.48. The molecule has 1 aromatic heterocycles. The molecular weight excluding hydrogens is 374 g/mol. The monoisotopic (exact) mass is 389 g/mol. The highest BCUT2D eigenvalue weighted by Crippen LogP contribution is 2.30. The van der Waals surface area contributed by atoms with E-state index < -0.39 is 5.97 Å². The molecule has 0 bridgehead atoms. The summed E-state index contributed by atoms with van der Waals surface area (Å²) < 4.78 is 5.25.